The summed E-state index contributed by atoms with van der Waals surface area (Å²) in [6, 6.07) is 14.1. The van der Waals surface area contributed by atoms with Crippen LogP contribution in [0.4, 0.5) is 5.69 Å². The second-order valence-corrected chi connectivity index (χ2v) is 7.03. The maximum atomic E-state index is 13.3. The van der Waals surface area contributed by atoms with Crippen molar-refractivity contribution in [2.45, 2.75) is 38.0 Å². The fourth-order valence-corrected chi connectivity index (χ4v) is 4.27. The van der Waals surface area contributed by atoms with Gasteiger partial charge in [0, 0.05) is 0 Å². The number of aromatic nitrogens is 2. The fourth-order valence-electron chi connectivity index (χ4n) is 3.73. The first-order chi connectivity index (χ1) is 11.7. The first-order valence-electron chi connectivity index (χ1n) is 8.29. The molecular formula is C19H19N3OS. The smallest absolute Gasteiger partial charge is 0.235 e. The number of nitrogens with zero attached hydrogens (tertiary/aromatic N) is 2. The molecule has 4 nitrogen and oxygen atoms in total. The van der Waals surface area contributed by atoms with Crippen LogP contribution in [0, 0.1) is 6.92 Å². The van der Waals surface area contributed by atoms with Crippen molar-refractivity contribution in [2.75, 3.05) is 5.32 Å². The van der Waals surface area contributed by atoms with Crippen LogP contribution in [-0.4, -0.2) is 14.7 Å². The largest absolute Gasteiger partial charge is 0.323 e. The number of anilines is 1. The molecule has 24 heavy (non-hydrogen) atoms. The van der Waals surface area contributed by atoms with Crippen LogP contribution < -0.4 is 5.32 Å². The van der Waals surface area contributed by atoms with Gasteiger partial charge in [-0.3, -0.25) is 4.79 Å². The molecule has 122 valence electrons. The van der Waals surface area contributed by atoms with E-state index in [4.69, 9.17) is 0 Å². The van der Waals surface area contributed by atoms with E-state index in [1.54, 1.807) is 0 Å². The molecule has 0 radical (unpaired) electrons. The minimum absolute atomic E-state index is 0.0785. The Morgan fingerprint density at radius 1 is 1.08 bits per heavy atom. The van der Waals surface area contributed by atoms with E-state index in [1.165, 1.54) is 11.7 Å². The summed E-state index contributed by atoms with van der Waals surface area (Å²) in [6.45, 7) is 2.00. The third-order valence-electron chi connectivity index (χ3n) is 5.09. The van der Waals surface area contributed by atoms with Crippen molar-refractivity contribution in [2.24, 2.45) is 0 Å². The summed E-state index contributed by atoms with van der Waals surface area (Å²) >= 11 is 1.18. The van der Waals surface area contributed by atoms with Gasteiger partial charge in [-0.2, -0.15) is 8.75 Å². The number of hydrogen-bond acceptors (Lipinski definition) is 4. The standard InChI is InChI=1S/C19H19N3OS/c1-13-9-10-15-17(22-24-21-15)16(13)20-18(23)19(11-5-6-12-19)14-7-3-2-4-8-14/h2-4,7-10H,5-6,11-12H2,1H3,(H,20,23). The van der Waals surface area contributed by atoms with E-state index < -0.39 is 5.41 Å². The minimum atomic E-state index is -0.431. The van der Waals surface area contributed by atoms with Crippen LogP contribution in [0.5, 0.6) is 0 Å². The summed E-state index contributed by atoms with van der Waals surface area (Å²) in [5, 5.41) is 3.19. The van der Waals surface area contributed by atoms with Crippen LogP contribution in [0.2, 0.25) is 0 Å². The Morgan fingerprint density at radius 2 is 1.83 bits per heavy atom. The number of aryl methyl sites for hydroxylation is 1. The molecule has 0 aliphatic heterocycles. The van der Waals surface area contributed by atoms with Crippen LogP contribution in [0.15, 0.2) is 42.5 Å². The summed E-state index contributed by atoms with van der Waals surface area (Å²) < 4.78 is 8.65. The Kier molecular flexibility index (Phi) is 3.81. The Balaban J connectivity index is 1.74. The average Bonchev–Trinajstić information content (AvgIpc) is 3.28. The molecule has 4 rings (SSSR count). The number of carbonyl (C=O) groups excluding carboxylic acids is 1. The highest BCUT2D eigenvalue weighted by Crippen LogP contribution is 2.42. The van der Waals surface area contributed by atoms with Crippen molar-refractivity contribution >= 4 is 34.4 Å². The molecule has 0 atom stereocenters. The lowest BCUT2D eigenvalue weighted by Crippen LogP contribution is -2.38. The number of fused-ring (bicyclic) bond motifs is 1. The van der Waals surface area contributed by atoms with Crippen molar-refractivity contribution in [3.63, 3.8) is 0 Å². The van der Waals surface area contributed by atoms with Crippen LogP contribution in [0.1, 0.15) is 36.8 Å². The van der Waals surface area contributed by atoms with Gasteiger partial charge in [0.15, 0.2) is 0 Å². The molecule has 3 aromatic rings. The van der Waals surface area contributed by atoms with Gasteiger partial charge < -0.3 is 5.32 Å². The van der Waals surface area contributed by atoms with Crippen molar-refractivity contribution in [1.29, 1.82) is 0 Å². The maximum absolute atomic E-state index is 13.3. The fraction of sp³-hybridized carbons (Fsp3) is 0.316. The second kappa shape index (κ2) is 5.98. The zero-order valence-corrected chi connectivity index (χ0v) is 14.4. The maximum Gasteiger partial charge on any atom is 0.235 e. The Hall–Kier alpha value is -2.27. The third-order valence-corrected chi connectivity index (χ3v) is 5.64. The molecular weight excluding hydrogens is 318 g/mol. The van der Waals surface area contributed by atoms with Crippen LogP contribution >= 0.6 is 11.7 Å². The summed E-state index contributed by atoms with van der Waals surface area (Å²) in [6.07, 6.45) is 3.97. The first-order valence-corrected chi connectivity index (χ1v) is 9.03. The van der Waals surface area contributed by atoms with Crippen molar-refractivity contribution < 1.29 is 4.79 Å². The number of carbonyl (C=O) groups is 1. The second-order valence-electron chi connectivity index (χ2n) is 6.50. The van der Waals surface area contributed by atoms with Gasteiger partial charge in [0.2, 0.25) is 5.91 Å². The van der Waals surface area contributed by atoms with Gasteiger partial charge >= 0.3 is 0 Å². The lowest BCUT2D eigenvalue weighted by molar-refractivity contribution is -0.121. The quantitative estimate of drug-likeness (QED) is 0.768. The highest BCUT2D eigenvalue weighted by atomic mass is 32.1. The predicted molar refractivity (Wildman–Crippen MR) is 97.4 cm³/mol. The monoisotopic (exact) mass is 337 g/mol. The Morgan fingerprint density at radius 3 is 2.58 bits per heavy atom. The zero-order chi connectivity index (χ0) is 16.6. The van der Waals surface area contributed by atoms with Crippen molar-refractivity contribution in [1.82, 2.24) is 8.75 Å². The molecule has 0 unspecified atom stereocenters. The molecule has 1 aliphatic carbocycles. The van der Waals surface area contributed by atoms with Gasteiger partial charge in [-0.15, -0.1) is 0 Å². The number of benzene rings is 2. The van der Waals surface area contributed by atoms with Gasteiger partial charge in [0.05, 0.1) is 22.8 Å². The van der Waals surface area contributed by atoms with E-state index in [0.29, 0.717) is 0 Å². The van der Waals surface area contributed by atoms with Crippen LogP contribution in [-0.2, 0) is 10.2 Å². The molecule has 0 saturated heterocycles. The topological polar surface area (TPSA) is 54.9 Å². The molecule has 1 heterocycles. The summed E-state index contributed by atoms with van der Waals surface area (Å²) in [5.41, 5.74) is 4.12. The van der Waals surface area contributed by atoms with Gasteiger partial charge in [0.25, 0.3) is 0 Å². The molecule has 0 bridgehead atoms. The number of hydrogen-bond donors (Lipinski definition) is 1. The Bertz CT molecular complexity index is 882. The molecule has 1 aliphatic rings. The Labute approximate surface area is 145 Å². The molecule has 5 heteroatoms. The van der Waals surface area contributed by atoms with Crippen molar-refractivity contribution in [3.05, 3.63) is 53.6 Å². The molecule has 0 spiro atoms. The van der Waals surface area contributed by atoms with Crippen LogP contribution in [0.25, 0.3) is 11.0 Å². The lowest BCUT2D eigenvalue weighted by Gasteiger charge is -2.28. The number of rotatable bonds is 3. The molecule has 1 saturated carbocycles. The molecule has 1 N–H and O–H groups in total. The normalized spacial score (nSPS) is 16.4. The highest BCUT2D eigenvalue weighted by molar-refractivity contribution is 7.00. The lowest BCUT2D eigenvalue weighted by atomic mass is 9.78. The van der Waals surface area contributed by atoms with E-state index in [9.17, 15) is 4.79 Å². The molecule has 1 amide bonds. The summed E-state index contributed by atoms with van der Waals surface area (Å²) in [4.78, 5) is 13.3. The summed E-state index contributed by atoms with van der Waals surface area (Å²) in [5.74, 6) is 0.0785. The number of nitrogens with one attached hydrogen (secondary N) is 1. The molecule has 2 aromatic carbocycles. The summed E-state index contributed by atoms with van der Waals surface area (Å²) in [7, 11) is 0. The highest BCUT2D eigenvalue weighted by Gasteiger charge is 2.42. The average molecular weight is 337 g/mol. The van der Waals surface area contributed by atoms with Gasteiger partial charge in [-0.1, -0.05) is 49.2 Å². The van der Waals surface area contributed by atoms with E-state index in [-0.39, 0.29) is 5.91 Å². The van der Waals surface area contributed by atoms with Gasteiger partial charge in [-0.25, -0.2) is 0 Å². The zero-order valence-electron chi connectivity index (χ0n) is 13.6. The molecule has 1 aromatic heterocycles. The van der Waals surface area contributed by atoms with E-state index >= 15 is 0 Å². The van der Waals surface area contributed by atoms with Crippen LogP contribution in [0.3, 0.4) is 0 Å². The first kappa shape index (κ1) is 15.3. The third kappa shape index (κ3) is 2.40. The van der Waals surface area contributed by atoms with E-state index in [0.717, 1.165) is 53.5 Å². The predicted octanol–water partition coefficient (Wildman–Crippen LogP) is 4.45. The van der Waals surface area contributed by atoms with Gasteiger partial charge in [0.1, 0.15) is 11.0 Å². The van der Waals surface area contributed by atoms with E-state index in [1.807, 2.05) is 37.3 Å². The molecule has 1 fully saturated rings. The number of amides is 1. The minimum Gasteiger partial charge on any atom is -0.323 e. The van der Waals surface area contributed by atoms with Gasteiger partial charge in [-0.05, 0) is 37.0 Å². The van der Waals surface area contributed by atoms with Crippen molar-refractivity contribution in [3.8, 4) is 0 Å². The SMILES string of the molecule is Cc1ccc2nsnc2c1NC(=O)C1(c2ccccc2)CCCC1. The van der Waals surface area contributed by atoms with E-state index in [2.05, 4.69) is 26.2 Å².